The van der Waals surface area contributed by atoms with E-state index in [2.05, 4.69) is 31.9 Å². The molecule has 1 atom stereocenters. The van der Waals surface area contributed by atoms with Crippen LogP contribution in [0.2, 0.25) is 0 Å². The summed E-state index contributed by atoms with van der Waals surface area (Å²) in [4.78, 5) is 21.4. The molecule has 160 valence electrons. The highest BCUT2D eigenvalue weighted by Crippen LogP contribution is 2.29. The van der Waals surface area contributed by atoms with Gasteiger partial charge in [-0.05, 0) is 45.8 Å². The van der Waals surface area contributed by atoms with E-state index in [0.29, 0.717) is 59.6 Å². The van der Waals surface area contributed by atoms with Gasteiger partial charge in [0.25, 0.3) is 5.56 Å². The maximum Gasteiger partial charge on any atom is 0.270 e. The Morgan fingerprint density at radius 1 is 1.19 bits per heavy atom. The lowest BCUT2D eigenvalue weighted by Gasteiger charge is -2.37. The van der Waals surface area contributed by atoms with Gasteiger partial charge < -0.3 is 14.6 Å². The van der Waals surface area contributed by atoms with E-state index in [1.807, 2.05) is 11.0 Å². The minimum absolute atomic E-state index is 0.0837. The van der Waals surface area contributed by atoms with Crippen molar-refractivity contribution in [2.75, 3.05) is 37.6 Å². The second-order valence-electron chi connectivity index (χ2n) is 7.56. The Labute approximate surface area is 187 Å². The summed E-state index contributed by atoms with van der Waals surface area (Å²) >= 11 is 3.38. The van der Waals surface area contributed by atoms with Gasteiger partial charge in [0.05, 0.1) is 17.3 Å². The molecular weight excluding hydrogens is 465 g/mol. The minimum atomic E-state index is -0.718. The predicted octanol–water partition coefficient (Wildman–Crippen LogP) is 2.56. The number of aliphatic hydroxyl groups is 1. The number of aromatic nitrogens is 2. The monoisotopic (exact) mass is 485 g/mol. The Morgan fingerprint density at radius 2 is 1.87 bits per heavy atom. The van der Waals surface area contributed by atoms with Crippen molar-refractivity contribution in [1.82, 2.24) is 14.5 Å². The first kappa shape index (κ1) is 21.4. The number of β-amino-alcohol motifs (C(OH)–C–C–N with tert-alkyl or cyclic N) is 1. The quantitative estimate of drug-likeness (QED) is 0.571. The average molecular weight is 486 g/mol. The molecule has 1 aliphatic rings. The fourth-order valence-electron chi connectivity index (χ4n) is 3.97. The minimum Gasteiger partial charge on any atom is -0.387 e. The zero-order chi connectivity index (χ0) is 22.1. The first-order valence-electron chi connectivity index (χ1n) is 9.89. The van der Waals surface area contributed by atoms with Crippen LogP contribution >= 0.6 is 15.9 Å². The molecule has 3 heterocycles. The van der Waals surface area contributed by atoms with Crippen molar-refractivity contribution in [1.29, 1.82) is 5.26 Å². The van der Waals surface area contributed by atoms with Gasteiger partial charge in [0.15, 0.2) is 0 Å². The van der Waals surface area contributed by atoms with E-state index in [1.165, 1.54) is 16.7 Å². The van der Waals surface area contributed by atoms with Gasteiger partial charge in [-0.1, -0.05) is 12.1 Å². The van der Waals surface area contributed by atoms with E-state index in [4.69, 9.17) is 0 Å². The van der Waals surface area contributed by atoms with Crippen molar-refractivity contribution in [2.45, 2.75) is 6.10 Å². The van der Waals surface area contributed by atoms with E-state index in [9.17, 15) is 19.6 Å². The molecule has 1 unspecified atom stereocenters. The highest BCUT2D eigenvalue weighted by atomic mass is 79.9. The number of nitriles is 1. The van der Waals surface area contributed by atoms with E-state index in [-0.39, 0.29) is 16.9 Å². The summed E-state index contributed by atoms with van der Waals surface area (Å²) in [5.41, 5.74) is 2.23. The molecule has 7 nitrogen and oxygen atoms in total. The first-order valence-corrected chi connectivity index (χ1v) is 10.7. The topological polar surface area (TPSA) is 85.4 Å². The summed E-state index contributed by atoms with van der Waals surface area (Å²) in [6.45, 7) is 2.88. The second kappa shape index (κ2) is 8.75. The van der Waals surface area contributed by atoms with Crippen molar-refractivity contribution in [3.05, 3.63) is 68.3 Å². The van der Waals surface area contributed by atoms with Crippen molar-refractivity contribution in [3.8, 4) is 6.07 Å². The lowest BCUT2D eigenvalue weighted by molar-refractivity contribution is 0.109. The van der Waals surface area contributed by atoms with Crippen LogP contribution in [0.25, 0.3) is 11.0 Å². The SMILES string of the molecule is Cn1c(=O)c(C#N)c(N2CCN(CC(O)c3ccc(F)cc3)CC2)c2nc(Br)ccc21. The van der Waals surface area contributed by atoms with Crippen LogP contribution in [0.3, 0.4) is 0 Å². The number of aliphatic hydroxyl groups excluding tert-OH is 1. The summed E-state index contributed by atoms with van der Waals surface area (Å²) in [5.74, 6) is -0.334. The van der Waals surface area contributed by atoms with Gasteiger partial charge in [0, 0.05) is 39.8 Å². The molecule has 2 aromatic heterocycles. The standard InChI is InChI=1S/C22H21BrFN5O2/c1-27-17-6-7-19(23)26-20(17)21(16(12-25)22(27)31)29-10-8-28(9-11-29)13-18(30)14-2-4-15(24)5-3-14/h2-7,18,30H,8-11,13H2,1H3. The molecule has 1 fully saturated rings. The lowest BCUT2D eigenvalue weighted by atomic mass is 10.1. The van der Waals surface area contributed by atoms with Gasteiger partial charge in [-0.2, -0.15) is 5.26 Å². The van der Waals surface area contributed by atoms with Crippen molar-refractivity contribution in [3.63, 3.8) is 0 Å². The van der Waals surface area contributed by atoms with E-state index < -0.39 is 6.10 Å². The summed E-state index contributed by atoms with van der Waals surface area (Å²) in [6.07, 6.45) is -0.718. The summed E-state index contributed by atoms with van der Waals surface area (Å²) in [6, 6.07) is 11.5. The van der Waals surface area contributed by atoms with Gasteiger partial charge in [0.2, 0.25) is 0 Å². The third-order valence-electron chi connectivity index (χ3n) is 5.67. The molecule has 0 radical (unpaired) electrons. The number of fused-ring (bicyclic) bond motifs is 1. The van der Waals surface area contributed by atoms with Crippen LogP contribution in [-0.2, 0) is 7.05 Å². The van der Waals surface area contributed by atoms with Gasteiger partial charge in [-0.25, -0.2) is 9.37 Å². The van der Waals surface area contributed by atoms with Crippen molar-refractivity contribution < 1.29 is 9.50 Å². The van der Waals surface area contributed by atoms with Crippen LogP contribution in [0.5, 0.6) is 0 Å². The number of hydrogen-bond acceptors (Lipinski definition) is 6. The molecular formula is C22H21BrFN5O2. The molecule has 9 heteroatoms. The van der Waals surface area contributed by atoms with Gasteiger partial charge in [-0.15, -0.1) is 0 Å². The Kier molecular flexibility index (Phi) is 6.05. The van der Waals surface area contributed by atoms with E-state index >= 15 is 0 Å². The number of halogens is 2. The zero-order valence-electron chi connectivity index (χ0n) is 16.9. The summed E-state index contributed by atoms with van der Waals surface area (Å²) in [7, 11) is 1.64. The molecule has 1 aromatic carbocycles. The van der Waals surface area contributed by atoms with Gasteiger partial charge in [-0.3, -0.25) is 9.69 Å². The number of nitrogens with zero attached hydrogens (tertiary/aromatic N) is 5. The summed E-state index contributed by atoms with van der Waals surface area (Å²) < 4.78 is 15.2. The predicted molar refractivity (Wildman–Crippen MR) is 119 cm³/mol. The lowest BCUT2D eigenvalue weighted by Crippen LogP contribution is -2.48. The number of hydrogen-bond donors (Lipinski definition) is 1. The Hall–Kier alpha value is -2.80. The number of benzene rings is 1. The van der Waals surface area contributed by atoms with Crippen LogP contribution < -0.4 is 10.5 Å². The average Bonchev–Trinajstić information content (AvgIpc) is 2.77. The molecule has 0 bridgehead atoms. The molecule has 0 spiro atoms. The molecule has 1 N–H and O–H groups in total. The van der Waals surface area contributed by atoms with E-state index in [1.54, 1.807) is 25.2 Å². The van der Waals surface area contributed by atoms with Crippen LogP contribution in [-0.4, -0.2) is 52.3 Å². The van der Waals surface area contributed by atoms with Crippen LogP contribution in [0.15, 0.2) is 45.8 Å². The Morgan fingerprint density at radius 3 is 2.52 bits per heavy atom. The maximum absolute atomic E-state index is 13.1. The highest BCUT2D eigenvalue weighted by Gasteiger charge is 2.26. The molecule has 0 aliphatic carbocycles. The van der Waals surface area contributed by atoms with Crippen LogP contribution in [0.1, 0.15) is 17.2 Å². The van der Waals surface area contributed by atoms with E-state index in [0.717, 1.165) is 0 Å². The number of aryl methyl sites for hydroxylation is 1. The fourth-order valence-corrected chi connectivity index (χ4v) is 4.28. The summed E-state index contributed by atoms with van der Waals surface area (Å²) in [5, 5.41) is 20.2. The zero-order valence-corrected chi connectivity index (χ0v) is 18.5. The van der Waals surface area contributed by atoms with Crippen LogP contribution in [0.4, 0.5) is 10.1 Å². The molecule has 0 amide bonds. The number of pyridine rings is 2. The molecule has 1 saturated heterocycles. The molecule has 1 aliphatic heterocycles. The third-order valence-corrected chi connectivity index (χ3v) is 6.11. The third kappa shape index (κ3) is 4.19. The van der Waals surface area contributed by atoms with Crippen LogP contribution in [0, 0.1) is 17.1 Å². The number of rotatable bonds is 4. The first-order chi connectivity index (χ1) is 14.9. The van der Waals surface area contributed by atoms with Gasteiger partial charge >= 0.3 is 0 Å². The highest BCUT2D eigenvalue weighted by molar-refractivity contribution is 9.10. The normalized spacial score (nSPS) is 15.8. The molecule has 3 aromatic rings. The van der Waals surface area contributed by atoms with Gasteiger partial charge in [0.1, 0.15) is 27.6 Å². The second-order valence-corrected chi connectivity index (χ2v) is 8.37. The fraction of sp³-hybridized carbons (Fsp3) is 0.318. The maximum atomic E-state index is 13.1. The number of anilines is 1. The van der Waals surface area contributed by atoms with Crippen molar-refractivity contribution in [2.24, 2.45) is 7.05 Å². The molecule has 0 saturated carbocycles. The number of piperazine rings is 1. The van der Waals surface area contributed by atoms with Crippen molar-refractivity contribution >= 4 is 32.7 Å². The Bertz CT molecular complexity index is 1210. The Balaban J connectivity index is 1.57. The molecule has 31 heavy (non-hydrogen) atoms. The smallest absolute Gasteiger partial charge is 0.270 e. The molecule has 4 rings (SSSR count). The largest absolute Gasteiger partial charge is 0.387 e.